The van der Waals surface area contributed by atoms with Crippen molar-refractivity contribution in [1.29, 1.82) is 0 Å². The van der Waals surface area contributed by atoms with Crippen LogP contribution in [0.4, 0.5) is 0 Å². The van der Waals surface area contributed by atoms with E-state index in [1.165, 1.54) is 11.8 Å². The lowest BCUT2D eigenvalue weighted by Gasteiger charge is -2.01. The summed E-state index contributed by atoms with van der Waals surface area (Å²) in [6, 6.07) is 1.71. The molecule has 1 aromatic heterocycles. The largest absolute Gasteiger partial charge is 0.466 e. The number of thioether (sulfide) groups is 1. The standard InChI is InChI=1S/C11H14N2O3S/c1-2-16-10(15)5-4-9(14)8-17-11-12-6-3-7-13-11/h3,6-7H,2,4-5,8H2,1H3. The Bertz CT molecular complexity index is 370. The first-order valence-electron chi connectivity index (χ1n) is 5.29. The quantitative estimate of drug-likeness (QED) is 0.417. The van der Waals surface area contributed by atoms with Crippen LogP contribution in [0.25, 0.3) is 0 Å². The Morgan fingerprint density at radius 1 is 1.29 bits per heavy atom. The van der Waals surface area contributed by atoms with Crippen LogP contribution in [-0.4, -0.2) is 34.1 Å². The SMILES string of the molecule is CCOC(=O)CCC(=O)CSc1ncccn1. The number of aromatic nitrogens is 2. The second-order valence-corrected chi connectivity index (χ2v) is 4.11. The maximum Gasteiger partial charge on any atom is 0.306 e. The lowest BCUT2D eigenvalue weighted by Crippen LogP contribution is -2.09. The fourth-order valence-electron chi connectivity index (χ4n) is 1.05. The third-order valence-corrected chi connectivity index (χ3v) is 2.75. The summed E-state index contributed by atoms with van der Waals surface area (Å²) in [6.45, 7) is 2.09. The molecule has 0 aliphatic carbocycles. The highest BCUT2D eigenvalue weighted by molar-refractivity contribution is 7.99. The van der Waals surface area contributed by atoms with Crippen molar-refractivity contribution in [2.24, 2.45) is 0 Å². The summed E-state index contributed by atoms with van der Waals surface area (Å²) in [5, 5.41) is 0.567. The monoisotopic (exact) mass is 254 g/mol. The van der Waals surface area contributed by atoms with Crippen molar-refractivity contribution in [1.82, 2.24) is 9.97 Å². The lowest BCUT2D eigenvalue weighted by atomic mass is 10.2. The molecule has 1 heterocycles. The van der Waals surface area contributed by atoms with E-state index in [1.807, 2.05) is 0 Å². The molecule has 92 valence electrons. The number of ketones is 1. The van der Waals surface area contributed by atoms with Gasteiger partial charge in [-0.1, -0.05) is 11.8 Å². The van der Waals surface area contributed by atoms with E-state index in [1.54, 1.807) is 25.4 Å². The summed E-state index contributed by atoms with van der Waals surface area (Å²) < 4.78 is 4.73. The molecule has 1 rings (SSSR count). The molecule has 0 bridgehead atoms. The van der Waals surface area contributed by atoms with Gasteiger partial charge in [0.05, 0.1) is 18.8 Å². The van der Waals surface area contributed by atoms with E-state index >= 15 is 0 Å². The van der Waals surface area contributed by atoms with Crippen molar-refractivity contribution in [2.75, 3.05) is 12.4 Å². The van der Waals surface area contributed by atoms with Crippen LogP contribution in [0.5, 0.6) is 0 Å². The van der Waals surface area contributed by atoms with Gasteiger partial charge in [-0.05, 0) is 13.0 Å². The third-order valence-electron chi connectivity index (χ3n) is 1.82. The Morgan fingerprint density at radius 2 is 2.00 bits per heavy atom. The second kappa shape index (κ2) is 7.78. The minimum atomic E-state index is -0.332. The molecule has 6 heteroatoms. The first-order chi connectivity index (χ1) is 8.22. The van der Waals surface area contributed by atoms with E-state index in [2.05, 4.69) is 9.97 Å². The predicted molar refractivity (Wildman–Crippen MR) is 63.6 cm³/mol. The van der Waals surface area contributed by atoms with E-state index < -0.39 is 0 Å². The van der Waals surface area contributed by atoms with Crippen molar-refractivity contribution in [3.8, 4) is 0 Å². The molecule has 0 atom stereocenters. The van der Waals surface area contributed by atoms with Gasteiger partial charge >= 0.3 is 5.97 Å². The van der Waals surface area contributed by atoms with Gasteiger partial charge < -0.3 is 4.74 Å². The van der Waals surface area contributed by atoms with Crippen LogP contribution >= 0.6 is 11.8 Å². The molecular formula is C11H14N2O3S. The lowest BCUT2D eigenvalue weighted by molar-refractivity contribution is -0.144. The molecule has 0 N–H and O–H groups in total. The van der Waals surface area contributed by atoms with Gasteiger partial charge in [-0.15, -0.1) is 0 Å². The van der Waals surface area contributed by atoms with Crippen LogP contribution in [-0.2, 0) is 14.3 Å². The summed E-state index contributed by atoms with van der Waals surface area (Å²) in [4.78, 5) is 30.4. The summed E-state index contributed by atoms with van der Waals surface area (Å²) in [6.07, 6.45) is 3.60. The maximum absolute atomic E-state index is 11.4. The summed E-state index contributed by atoms with van der Waals surface area (Å²) >= 11 is 1.27. The molecule has 0 unspecified atom stereocenters. The predicted octanol–water partition coefficient (Wildman–Crippen LogP) is 1.48. The highest BCUT2D eigenvalue weighted by atomic mass is 32.2. The Kier molecular flexibility index (Phi) is 6.24. The highest BCUT2D eigenvalue weighted by Crippen LogP contribution is 2.12. The van der Waals surface area contributed by atoms with Crippen molar-refractivity contribution in [2.45, 2.75) is 24.9 Å². The Hall–Kier alpha value is -1.43. The highest BCUT2D eigenvalue weighted by Gasteiger charge is 2.08. The molecule has 0 spiro atoms. The fraction of sp³-hybridized carbons (Fsp3) is 0.455. The van der Waals surface area contributed by atoms with E-state index in [-0.39, 0.29) is 30.3 Å². The molecule has 0 aromatic carbocycles. The van der Waals surface area contributed by atoms with Gasteiger partial charge in [0, 0.05) is 18.8 Å². The number of Topliss-reactive ketones (excluding diaryl/α,β-unsaturated/α-hetero) is 1. The van der Waals surface area contributed by atoms with Crippen LogP contribution in [0.1, 0.15) is 19.8 Å². The van der Waals surface area contributed by atoms with E-state index in [4.69, 9.17) is 4.74 Å². The summed E-state index contributed by atoms with van der Waals surface area (Å²) in [5.41, 5.74) is 0. The van der Waals surface area contributed by atoms with Crippen molar-refractivity contribution < 1.29 is 14.3 Å². The van der Waals surface area contributed by atoms with E-state index in [0.29, 0.717) is 11.8 Å². The topological polar surface area (TPSA) is 69.2 Å². The third kappa shape index (κ3) is 6.01. The maximum atomic E-state index is 11.4. The minimum absolute atomic E-state index is 0.00416. The smallest absolute Gasteiger partial charge is 0.306 e. The molecule has 0 aliphatic heterocycles. The van der Waals surface area contributed by atoms with E-state index in [0.717, 1.165) is 0 Å². The Morgan fingerprint density at radius 3 is 2.65 bits per heavy atom. The minimum Gasteiger partial charge on any atom is -0.466 e. The van der Waals surface area contributed by atoms with Gasteiger partial charge in [-0.25, -0.2) is 9.97 Å². The number of rotatable bonds is 7. The number of hydrogen-bond donors (Lipinski definition) is 0. The zero-order chi connectivity index (χ0) is 12.5. The molecule has 0 amide bonds. The molecule has 0 saturated heterocycles. The van der Waals surface area contributed by atoms with E-state index in [9.17, 15) is 9.59 Å². The van der Waals surface area contributed by atoms with Crippen LogP contribution in [0.2, 0.25) is 0 Å². The summed E-state index contributed by atoms with van der Waals surface area (Å²) in [5.74, 6) is -0.0546. The van der Waals surface area contributed by atoms with Gasteiger partial charge in [0.2, 0.25) is 0 Å². The molecular weight excluding hydrogens is 240 g/mol. The average Bonchev–Trinajstić information content (AvgIpc) is 2.35. The molecule has 5 nitrogen and oxygen atoms in total. The van der Waals surface area contributed by atoms with Gasteiger partial charge in [0.25, 0.3) is 0 Å². The summed E-state index contributed by atoms with van der Waals surface area (Å²) in [7, 11) is 0. The first kappa shape index (κ1) is 13.6. The number of carbonyl (C=O) groups excluding carboxylic acids is 2. The molecule has 0 fully saturated rings. The Labute approximate surface area is 104 Å². The number of carbonyl (C=O) groups is 2. The zero-order valence-electron chi connectivity index (χ0n) is 9.59. The zero-order valence-corrected chi connectivity index (χ0v) is 10.4. The van der Waals surface area contributed by atoms with Gasteiger partial charge in [0.15, 0.2) is 5.16 Å². The number of esters is 1. The second-order valence-electron chi connectivity index (χ2n) is 3.16. The molecule has 0 radical (unpaired) electrons. The number of nitrogens with zero attached hydrogens (tertiary/aromatic N) is 2. The molecule has 1 aromatic rings. The van der Waals surface area contributed by atoms with Crippen LogP contribution < -0.4 is 0 Å². The normalized spacial score (nSPS) is 9.94. The van der Waals surface area contributed by atoms with Gasteiger partial charge in [-0.3, -0.25) is 9.59 Å². The molecule has 0 saturated carbocycles. The fourth-order valence-corrected chi connectivity index (χ4v) is 1.76. The van der Waals surface area contributed by atoms with Crippen molar-refractivity contribution in [3.63, 3.8) is 0 Å². The molecule has 0 aliphatic rings. The van der Waals surface area contributed by atoms with Crippen LogP contribution in [0.3, 0.4) is 0 Å². The van der Waals surface area contributed by atoms with Gasteiger partial charge in [0.1, 0.15) is 5.78 Å². The first-order valence-corrected chi connectivity index (χ1v) is 6.28. The van der Waals surface area contributed by atoms with Crippen LogP contribution in [0, 0.1) is 0 Å². The van der Waals surface area contributed by atoms with Crippen molar-refractivity contribution >= 4 is 23.5 Å². The Balaban J connectivity index is 2.20. The number of ether oxygens (including phenoxy) is 1. The number of hydrogen-bond acceptors (Lipinski definition) is 6. The van der Waals surface area contributed by atoms with Crippen molar-refractivity contribution in [3.05, 3.63) is 18.5 Å². The average molecular weight is 254 g/mol. The van der Waals surface area contributed by atoms with Crippen LogP contribution in [0.15, 0.2) is 23.6 Å². The molecule has 17 heavy (non-hydrogen) atoms. The van der Waals surface area contributed by atoms with Gasteiger partial charge in [-0.2, -0.15) is 0 Å².